The summed E-state index contributed by atoms with van der Waals surface area (Å²) in [5.41, 5.74) is 0.995. The van der Waals surface area contributed by atoms with E-state index in [2.05, 4.69) is 10.2 Å². The Morgan fingerprint density at radius 2 is 1.50 bits per heavy atom. The second-order valence-electron chi connectivity index (χ2n) is 6.26. The Kier molecular flexibility index (Phi) is 5.27. The molecule has 0 atom stereocenters. The first-order valence-corrected chi connectivity index (χ1v) is 8.28. The number of rotatable bonds is 3. The summed E-state index contributed by atoms with van der Waals surface area (Å²) in [5.74, 6) is -2.54. The predicted molar refractivity (Wildman–Crippen MR) is 94.2 cm³/mol. The third-order valence-electron chi connectivity index (χ3n) is 4.36. The Morgan fingerprint density at radius 3 is 2.12 bits per heavy atom. The lowest BCUT2D eigenvalue weighted by Gasteiger charge is -2.32. The molecule has 1 saturated heterocycles. The van der Waals surface area contributed by atoms with Gasteiger partial charge in [0.1, 0.15) is 0 Å². The molecule has 0 aromatic heterocycles. The van der Waals surface area contributed by atoms with Crippen molar-refractivity contribution in [2.75, 3.05) is 38.5 Å². The summed E-state index contributed by atoms with van der Waals surface area (Å²) in [4.78, 5) is 28.6. The zero-order valence-corrected chi connectivity index (χ0v) is 14.3. The highest BCUT2D eigenvalue weighted by molar-refractivity contribution is 6.05. The molecule has 2 amide bonds. The van der Waals surface area contributed by atoms with Crippen molar-refractivity contribution in [3.8, 4) is 0 Å². The number of hydrogen-bond acceptors (Lipinski definition) is 3. The van der Waals surface area contributed by atoms with Crippen molar-refractivity contribution >= 4 is 17.5 Å². The second-order valence-corrected chi connectivity index (χ2v) is 6.26. The third kappa shape index (κ3) is 4.05. The van der Waals surface area contributed by atoms with Gasteiger partial charge in [-0.05, 0) is 43.4 Å². The van der Waals surface area contributed by atoms with Crippen LogP contribution in [0.3, 0.4) is 0 Å². The Morgan fingerprint density at radius 1 is 0.885 bits per heavy atom. The Bertz CT molecular complexity index is 816. The summed E-state index contributed by atoms with van der Waals surface area (Å²) in [6, 6.07) is 9.42. The largest absolute Gasteiger partial charge is 0.336 e. The maximum absolute atomic E-state index is 13.2. The van der Waals surface area contributed by atoms with Crippen molar-refractivity contribution < 1.29 is 18.4 Å². The molecule has 2 aromatic rings. The van der Waals surface area contributed by atoms with Crippen LogP contribution >= 0.6 is 0 Å². The predicted octanol–water partition coefficient (Wildman–Crippen LogP) is 2.60. The van der Waals surface area contributed by atoms with Gasteiger partial charge in [-0.15, -0.1) is 0 Å². The maximum Gasteiger partial charge on any atom is 0.255 e. The summed E-state index contributed by atoms with van der Waals surface area (Å²) in [6.07, 6.45) is 0. The SMILES string of the molecule is CN1CCN(C(=O)c2ccc(C(=O)Nc3ccc(F)c(F)c3)cc2)CC1. The number of carbonyl (C=O) groups excluding carboxylic acids is 2. The molecule has 0 radical (unpaired) electrons. The van der Waals surface area contributed by atoms with E-state index in [9.17, 15) is 18.4 Å². The number of benzene rings is 2. The monoisotopic (exact) mass is 359 g/mol. The number of hydrogen-bond donors (Lipinski definition) is 1. The van der Waals surface area contributed by atoms with E-state index in [1.54, 1.807) is 29.2 Å². The van der Waals surface area contributed by atoms with Gasteiger partial charge in [0.25, 0.3) is 11.8 Å². The minimum absolute atomic E-state index is 0.0642. The van der Waals surface area contributed by atoms with Gasteiger partial charge in [0.05, 0.1) is 0 Å². The van der Waals surface area contributed by atoms with Gasteiger partial charge < -0.3 is 15.1 Å². The van der Waals surface area contributed by atoms with E-state index >= 15 is 0 Å². The fourth-order valence-corrected chi connectivity index (χ4v) is 2.73. The molecular weight excluding hydrogens is 340 g/mol. The number of carbonyl (C=O) groups is 2. The molecule has 0 aliphatic carbocycles. The Labute approximate surface area is 150 Å². The van der Waals surface area contributed by atoms with Gasteiger partial charge in [0.15, 0.2) is 11.6 Å². The highest BCUT2D eigenvalue weighted by Crippen LogP contribution is 2.15. The van der Waals surface area contributed by atoms with Crippen molar-refractivity contribution in [1.29, 1.82) is 0 Å². The van der Waals surface area contributed by atoms with Gasteiger partial charge in [-0.25, -0.2) is 8.78 Å². The van der Waals surface area contributed by atoms with Gasteiger partial charge in [-0.1, -0.05) is 0 Å². The lowest BCUT2D eigenvalue weighted by atomic mass is 10.1. The molecule has 26 heavy (non-hydrogen) atoms. The van der Waals surface area contributed by atoms with E-state index in [0.717, 1.165) is 25.2 Å². The van der Waals surface area contributed by atoms with Crippen molar-refractivity contribution in [2.45, 2.75) is 0 Å². The molecular formula is C19H19F2N3O2. The first-order valence-electron chi connectivity index (χ1n) is 8.28. The first kappa shape index (κ1) is 18.0. The van der Waals surface area contributed by atoms with E-state index in [4.69, 9.17) is 0 Å². The van der Waals surface area contributed by atoms with Crippen LogP contribution in [0.2, 0.25) is 0 Å². The van der Waals surface area contributed by atoms with Gasteiger partial charge in [-0.2, -0.15) is 0 Å². The lowest BCUT2D eigenvalue weighted by Crippen LogP contribution is -2.47. The molecule has 2 aromatic carbocycles. The quantitative estimate of drug-likeness (QED) is 0.917. The number of nitrogens with one attached hydrogen (secondary N) is 1. The topological polar surface area (TPSA) is 52.7 Å². The molecule has 1 heterocycles. The summed E-state index contributed by atoms with van der Waals surface area (Å²) in [6.45, 7) is 3.02. The van der Waals surface area contributed by atoms with E-state index in [0.29, 0.717) is 24.2 Å². The zero-order valence-electron chi connectivity index (χ0n) is 14.3. The fraction of sp³-hybridized carbons (Fsp3) is 0.263. The molecule has 136 valence electrons. The average molecular weight is 359 g/mol. The van der Waals surface area contributed by atoms with Crippen LogP contribution < -0.4 is 5.32 Å². The van der Waals surface area contributed by atoms with Crippen LogP contribution in [-0.4, -0.2) is 54.8 Å². The van der Waals surface area contributed by atoms with Crippen LogP contribution in [-0.2, 0) is 0 Å². The highest BCUT2D eigenvalue weighted by Gasteiger charge is 2.20. The molecule has 0 unspecified atom stereocenters. The Hall–Kier alpha value is -2.80. The number of piperazine rings is 1. The number of likely N-dealkylation sites (N-methyl/N-ethyl adjacent to an activating group) is 1. The standard InChI is InChI=1S/C19H19F2N3O2/c1-23-8-10-24(11-9-23)19(26)14-4-2-13(3-5-14)18(25)22-15-6-7-16(20)17(21)12-15/h2-7,12H,8-11H2,1H3,(H,22,25). The molecule has 1 aliphatic rings. The maximum atomic E-state index is 13.2. The van der Waals surface area contributed by atoms with Gasteiger partial charge in [-0.3, -0.25) is 9.59 Å². The van der Waals surface area contributed by atoms with E-state index in [-0.39, 0.29) is 11.6 Å². The molecule has 1 N–H and O–H groups in total. The normalized spacial score (nSPS) is 15.0. The van der Waals surface area contributed by atoms with E-state index in [1.807, 2.05) is 7.05 Å². The number of amides is 2. The third-order valence-corrected chi connectivity index (χ3v) is 4.36. The highest BCUT2D eigenvalue weighted by atomic mass is 19.2. The van der Waals surface area contributed by atoms with Crippen molar-refractivity contribution in [3.05, 3.63) is 65.2 Å². The lowest BCUT2D eigenvalue weighted by molar-refractivity contribution is 0.0664. The van der Waals surface area contributed by atoms with Crippen molar-refractivity contribution in [1.82, 2.24) is 9.80 Å². The van der Waals surface area contributed by atoms with Crippen LogP contribution in [0.25, 0.3) is 0 Å². The van der Waals surface area contributed by atoms with Crippen LogP contribution in [0, 0.1) is 11.6 Å². The minimum atomic E-state index is -1.03. The average Bonchev–Trinajstić information content (AvgIpc) is 2.65. The minimum Gasteiger partial charge on any atom is -0.336 e. The Balaban J connectivity index is 1.65. The zero-order chi connectivity index (χ0) is 18.7. The second kappa shape index (κ2) is 7.61. The van der Waals surface area contributed by atoms with Crippen molar-refractivity contribution in [2.24, 2.45) is 0 Å². The summed E-state index contributed by atoms with van der Waals surface area (Å²) in [7, 11) is 2.02. The molecule has 0 spiro atoms. The molecule has 0 saturated carbocycles. The summed E-state index contributed by atoms with van der Waals surface area (Å²) in [5, 5.41) is 2.50. The molecule has 3 rings (SSSR count). The van der Waals surface area contributed by atoms with E-state index < -0.39 is 17.5 Å². The van der Waals surface area contributed by atoms with E-state index in [1.165, 1.54) is 6.07 Å². The van der Waals surface area contributed by atoms with Gasteiger partial charge in [0, 0.05) is 49.1 Å². The smallest absolute Gasteiger partial charge is 0.255 e. The molecule has 7 heteroatoms. The first-order chi connectivity index (χ1) is 12.4. The molecule has 5 nitrogen and oxygen atoms in total. The number of nitrogens with zero attached hydrogens (tertiary/aromatic N) is 2. The van der Waals surface area contributed by atoms with Gasteiger partial charge in [0.2, 0.25) is 0 Å². The number of anilines is 1. The summed E-state index contributed by atoms with van der Waals surface area (Å²) < 4.78 is 26.1. The fourth-order valence-electron chi connectivity index (χ4n) is 2.73. The van der Waals surface area contributed by atoms with Crippen molar-refractivity contribution in [3.63, 3.8) is 0 Å². The summed E-state index contributed by atoms with van der Waals surface area (Å²) >= 11 is 0. The van der Waals surface area contributed by atoms with Crippen LogP contribution in [0.15, 0.2) is 42.5 Å². The molecule has 1 fully saturated rings. The van der Waals surface area contributed by atoms with Gasteiger partial charge >= 0.3 is 0 Å². The number of halogens is 2. The van der Waals surface area contributed by atoms with Crippen LogP contribution in [0.4, 0.5) is 14.5 Å². The van der Waals surface area contributed by atoms with Crippen LogP contribution in [0.1, 0.15) is 20.7 Å². The molecule has 0 bridgehead atoms. The van der Waals surface area contributed by atoms with Crippen LogP contribution in [0.5, 0.6) is 0 Å². The molecule has 1 aliphatic heterocycles.